The first-order valence-corrected chi connectivity index (χ1v) is 14.0. The van der Waals surface area contributed by atoms with Crippen molar-refractivity contribution in [1.82, 2.24) is 15.3 Å². The van der Waals surface area contributed by atoms with Gasteiger partial charge in [-0.1, -0.05) is 0 Å². The van der Waals surface area contributed by atoms with Crippen molar-refractivity contribution in [3.63, 3.8) is 0 Å². The number of piperidine rings is 1. The third kappa shape index (κ3) is 7.16. The highest BCUT2D eigenvalue weighted by atomic mass is 19.4. The second-order valence-corrected chi connectivity index (χ2v) is 12.5. The van der Waals surface area contributed by atoms with E-state index >= 15 is 0 Å². The summed E-state index contributed by atoms with van der Waals surface area (Å²) in [5.74, 6) is -2.46. The van der Waals surface area contributed by atoms with Crippen LogP contribution in [0.15, 0.2) is 12.1 Å². The average Bonchev–Trinajstić information content (AvgIpc) is 2.87. The van der Waals surface area contributed by atoms with Crippen molar-refractivity contribution in [1.29, 1.82) is 0 Å². The number of hydrogen-bond donors (Lipinski definition) is 1. The van der Waals surface area contributed by atoms with Gasteiger partial charge in [0.1, 0.15) is 5.75 Å². The van der Waals surface area contributed by atoms with Crippen LogP contribution in [0.1, 0.15) is 83.7 Å². The maximum Gasteiger partial charge on any atom is 0.417 e. The molecule has 1 aromatic carbocycles. The zero-order valence-corrected chi connectivity index (χ0v) is 25.5. The predicted molar refractivity (Wildman–Crippen MR) is 149 cm³/mol. The van der Waals surface area contributed by atoms with Gasteiger partial charge in [0.25, 0.3) is 11.8 Å². The normalized spacial score (nSPS) is 19.2. The number of hydroxylamine groups is 2. The van der Waals surface area contributed by atoms with Gasteiger partial charge in [-0.15, -0.1) is 5.06 Å². The van der Waals surface area contributed by atoms with Crippen molar-refractivity contribution in [2.75, 3.05) is 31.6 Å². The lowest BCUT2D eigenvalue weighted by Gasteiger charge is -2.42. The van der Waals surface area contributed by atoms with Gasteiger partial charge in [-0.05, 0) is 73.4 Å². The van der Waals surface area contributed by atoms with Gasteiger partial charge in [-0.3, -0.25) is 14.4 Å². The van der Waals surface area contributed by atoms with E-state index in [9.17, 15) is 32.3 Å². The van der Waals surface area contributed by atoms with Gasteiger partial charge in [-0.25, -0.2) is 4.79 Å². The fourth-order valence-corrected chi connectivity index (χ4v) is 5.03. The van der Waals surface area contributed by atoms with Crippen molar-refractivity contribution in [2.45, 2.75) is 91.6 Å². The molecule has 3 rings (SSSR count). The molecular weight excluding hydrogens is 557 g/mol. The number of amides is 3. The van der Waals surface area contributed by atoms with Crippen molar-refractivity contribution in [3.05, 3.63) is 23.3 Å². The number of fused-ring (bicyclic) bond motifs is 1. The zero-order valence-electron chi connectivity index (χ0n) is 25.5. The maximum absolute atomic E-state index is 14.4. The molecule has 0 bridgehead atoms. The molecule has 1 unspecified atom stereocenters. The van der Waals surface area contributed by atoms with Crippen LogP contribution >= 0.6 is 0 Å². The topological polar surface area (TPSA) is 108 Å². The molecule has 1 saturated heterocycles. The summed E-state index contributed by atoms with van der Waals surface area (Å²) in [6.45, 7) is 11.8. The van der Waals surface area contributed by atoms with Gasteiger partial charge in [-0.2, -0.15) is 13.2 Å². The molecular formula is C29H41F3N4O6. The van der Waals surface area contributed by atoms with Gasteiger partial charge >= 0.3 is 12.1 Å². The number of ether oxygens (including phenoxy) is 1. The van der Waals surface area contributed by atoms with Gasteiger partial charge in [0.15, 0.2) is 5.60 Å². The Morgan fingerprint density at radius 3 is 2.38 bits per heavy atom. The highest BCUT2D eigenvalue weighted by Crippen LogP contribution is 2.44. The molecule has 0 aliphatic carbocycles. The summed E-state index contributed by atoms with van der Waals surface area (Å²) in [4.78, 5) is 59.8. The molecule has 0 aromatic heterocycles. The standard InChI is InChI=1S/C29H41F3N4O6/c1-17(2)36(18-10-9-12-34(16-18)42-26(40)27(3,4)5)24(38)19-14-21-22(15-20(19)29(30,31)32)41-28(6,7)25(39)35(21)13-11-23(37)33-8/h14-15,17-18H,9-13,16H2,1-8H3,(H,33,37). The summed E-state index contributed by atoms with van der Waals surface area (Å²) in [5, 5.41) is 3.91. The van der Waals surface area contributed by atoms with Gasteiger partial charge < -0.3 is 24.7 Å². The third-order valence-corrected chi connectivity index (χ3v) is 7.26. The Labute approximate surface area is 244 Å². The minimum atomic E-state index is -4.91. The van der Waals surface area contributed by atoms with Crippen LogP contribution in [0.5, 0.6) is 5.75 Å². The zero-order chi connectivity index (χ0) is 31.8. The SMILES string of the molecule is CNC(=O)CCN1C(=O)C(C)(C)Oc2cc(C(F)(F)F)c(C(=O)N(C(C)C)C3CCCN(OC(=O)C(C)(C)C)C3)cc21. The van der Waals surface area contributed by atoms with Crippen LogP contribution in [0.2, 0.25) is 0 Å². The first kappa shape index (κ1) is 33.2. The minimum Gasteiger partial charge on any atom is -0.476 e. The van der Waals surface area contributed by atoms with Gasteiger partial charge in [0.05, 0.1) is 28.8 Å². The fraction of sp³-hybridized carbons (Fsp3) is 0.655. The Bertz CT molecular complexity index is 1220. The van der Waals surface area contributed by atoms with Crippen LogP contribution in [-0.4, -0.2) is 78.0 Å². The fourth-order valence-electron chi connectivity index (χ4n) is 5.03. The number of halogens is 3. The Balaban J connectivity index is 2.06. The first-order chi connectivity index (χ1) is 19.3. The van der Waals surface area contributed by atoms with Crippen molar-refractivity contribution in [2.24, 2.45) is 5.41 Å². The van der Waals surface area contributed by atoms with Crippen LogP contribution in [0.4, 0.5) is 18.9 Å². The van der Waals surface area contributed by atoms with Crippen LogP contribution in [0.25, 0.3) is 0 Å². The quantitative estimate of drug-likeness (QED) is 0.502. The van der Waals surface area contributed by atoms with Gasteiger partial charge in [0.2, 0.25) is 5.91 Å². The molecule has 13 heteroatoms. The number of benzene rings is 1. The summed E-state index contributed by atoms with van der Waals surface area (Å²) >= 11 is 0. The summed E-state index contributed by atoms with van der Waals surface area (Å²) < 4.78 is 49.0. The van der Waals surface area contributed by atoms with Crippen molar-refractivity contribution in [3.8, 4) is 5.75 Å². The number of rotatable bonds is 7. The molecule has 42 heavy (non-hydrogen) atoms. The molecule has 10 nitrogen and oxygen atoms in total. The molecule has 0 saturated carbocycles. The molecule has 1 atom stereocenters. The molecule has 2 heterocycles. The largest absolute Gasteiger partial charge is 0.476 e. The Morgan fingerprint density at radius 2 is 1.83 bits per heavy atom. The molecule has 1 fully saturated rings. The Morgan fingerprint density at radius 1 is 1.19 bits per heavy atom. The van der Waals surface area contributed by atoms with E-state index in [2.05, 4.69) is 5.32 Å². The summed E-state index contributed by atoms with van der Waals surface area (Å²) in [5.41, 5.74) is -4.11. The lowest BCUT2D eigenvalue weighted by atomic mass is 9.96. The van der Waals surface area contributed by atoms with Crippen LogP contribution < -0.4 is 15.0 Å². The monoisotopic (exact) mass is 598 g/mol. The highest BCUT2D eigenvalue weighted by molar-refractivity contribution is 6.05. The number of alkyl halides is 3. The van der Waals surface area contributed by atoms with Gasteiger partial charge in [0, 0.05) is 38.6 Å². The number of carbonyl (C=O) groups is 4. The molecule has 2 aliphatic heterocycles. The molecule has 2 aliphatic rings. The molecule has 1 N–H and O–H groups in total. The summed E-state index contributed by atoms with van der Waals surface area (Å²) in [6.07, 6.45) is -3.97. The highest BCUT2D eigenvalue weighted by Gasteiger charge is 2.45. The van der Waals surface area contributed by atoms with Crippen molar-refractivity contribution < 1.29 is 41.9 Å². The Kier molecular flexibility index (Phi) is 9.55. The average molecular weight is 599 g/mol. The van der Waals surface area contributed by atoms with Crippen LogP contribution in [-0.2, 0) is 25.4 Å². The second-order valence-electron chi connectivity index (χ2n) is 12.5. The van der Waals surface area contributed by atoms with Crippen LogP contribution in [0, 0.1) is 5.41 Å². The summed E-state index contributed by atoms with van der Waals surface area (Å²) in [6, 6.07) is 0.740. The minimum absolute atomic E-state index is 0.0207. The van der Waals surface area contributed by atoms with E-state index in [1.54, 1.807) is 34.6 Å². The van der Waals surface area contributed by atoms with E-state index in [-0.39, 0.29) is 36.9 Å². The number of anilines is 1. The van der Waals surface area contributed by atoms with Crippen LogP contribution in [0.3, 0.4) is 0 Å². The third-order valence-electron chi connectivity index (χ3n) is 7.26. The Hall–Kier alpha value is -3.35. The lowest BCUT2D eigenvalue weighted by molar-refractivity contribution is -0.208. The smallest absolute Gasteiger partial charge is 0.417 e. The molecule has 3 amide bonds. The number of hydrogen-bond acceptors (Lipinski definition) is 7. The van der Waals surface area contributed by atoms with E-state index < -0.39 is 58.2 Å². The number of nitrogens with zero attached hydrogens (tertiary/aromatic N) is 3. The summed E-state index contributed by atoms with van der Waals surface area (Å²) in [7, 11) is 1.44. The van der Waals surface area contributed by atoms with E-state index in [1.165, 1.54) is 35.8 Å². The van der Waals surface area contributed by atoms with E-state index in [1.807, 2.05) is 0 Å². The lowest BCUT2D eigenvalue weighted by Crippen LogP contribution is -2.54. The van der Waals surface area contributed by atoms with E-state index in [0.717, 1.165) is 12.1 Å². The number of nitrogens with one attached hydrogen (secondary N) is 1. The van der Waals surface area contributed by atoms with Crippen molar-refractivity contribution >= 4 is 29.4 Å². The molecule has 1 aromatic rings. The molecule has 0 spiro atoms. The van der Waals surface area contributed by atoms with E-state index in [0.29, 0.717) is 19.4 Å². The predicted octanol–water partition coefficient (Wildman–Crippen LogP) is 4.16. The molecule has 0 radical (unpaired) electrons. The first-order valence-electron chi connectivity index (χ1n) is 14.0. The number of carbonyl (C=O) groups excluding carboxylic acids is 4. The second kappa shape index (κ2) is 12.1. The molecule has 234 valence electrons. The van der Waals surface area contributed by atoms with E-state index in [4.69, 9.17) is 9.57 Å². The maximum atomic E-state index is 14.4.